The minimum absolute atomic E-state index is 0.166. The van der Waals surface area contributed by atoms with Gasteiger partial charge in [0.05, 0.1) is 12.1 Å². The maximum absolute atomic E-state index is 11.4. The Morgan fingerprint density at radius 2 is 1.94 bits per heavy atom. The first kappa shape index (κ1) is 13.5. The van der Waals surface area contributed by atoms with Crippen molar-refractivity contribution in [2.75, 3.05) is 13.1 Å². The first-order chi connectivity index (χ1) is 7.31. The Hall–Kier alpha value is -0.610. The standard InChI is InChI=1S/C12H23NO3/c1-11(2,3)16-10(14)8-13-9-12(15)6-4-5-7-12/h13,15H,4-9H2,1-3H3. The predicted octanol–water partition coefficient (Wildman–Crippen LogP) is 1.22. The van der Waals surface area contributed by atoms with E-state index in [1.807, 2.05) is 20.8 Å². The molecule has 1 aliphatic carbocycles. The van der Waals surface area contributed by atoms with Crippen molar-refractivity contribution in [1.82, 2.24) is 5.32 Å². The van der Waals surface area contributed by atoms with E-state index in [9.17, 15) is 9.90 Å². The predicted molar refractivity (Wildman–Crippen MR) is 62.1 cm³/mol. The van der Waals surface area contributed by atoms with Gasteiger partial charge in [-0.3, -0.25) is 4.79 Å². The number of esters is 1. The van der Waals surface area contributed by atoms with Gasteiger partial charge in [0, 0.05) is 6.54 Å². The molecule has 16 heavy (non-hydrogen) atoms. The van der Waals surface area contributed by atoms with Crippen LogP contribution in [0.5, 0.6) is 0 Å². The highest BCUT2D eigenvalue weighted by molar-refractivity contribution is 5.72. The van der Waals surface area contributed by atoms with Gasteiger partial charge in [0.1, 0.15) is 5.60 Å². The molecule has 0 aromatic rings. The smallest absolute Gasteiger partial charge is 0.320 e. The Labute approximate surface area is 97.4 Å². The normalized spacial score (nSPS) is 19.8. The van der Waals surface area contributed by atoms with Crippen LogP contribution in [0.3, 0.4) is 0 Å². The van der Waals surface area contributed by atoms with E-state index < -0.39 is 11.2 Å². The lowest BCUT2D eigenvalue weighted by molar-refractivity contribution is -0.153. The molecule has 0 aliphatic heterocycles. The van der Waals surface area contributed by atoms with Crippen LogP contribution in [0.15, 0.2) is 0 Å². The van der Waals surface area contributed by atoms with E-state index in [0.29, 0.717) is 6.54 Å². The monoisotopic (exact) mass is 229 g/mol. The van der Waals surface area contributed by atoms with Crippen molar-refractivity contribution in [2.45, 2.75) is 57.7 Å². The van der Waals surface area contributed by atoms with Crippen molar-refractivity contribution < 1.29 is 14.6 Å². The Morgan fingerprint density at radius 3 is 2.44 bits per heavy atom. The summed E-state index contributed by atoms with van der Waals surface area (Å²) < 4.78 is 5.15. The Kier molecular flexibility index (Phi) is 4.33. The second-order valence-electron chi connectivity index (χ2n) is 5.62. The fourth-order valence-electron chi connectivity index (χ4n) is 1.98. The van der Waals surface area contributed by atoms with Crippen molar-refractivity contribution in [3.63, 3.8) is 0 Å². The fourth-order valence-corrected chi connectivity index (χ4v) is 1.98. The first-order valence-electron chi connectivity index (χ1n) is 5.96. The molecule has 4 heteroatoms. The van der Waals surface area contributed by atoms with E-state index in [2.05, 4.69) is 5.32 Å². The van der Waals surface area contributed by atoms with Gasteiger partial charge < -0.3 is 15.2 Å². The molecule has 0 amide bonds. The molecule has 94 valence electrons. The molecule has 0 atom stereocenters. The van der Waals surface area contributed by atoms with Crippen LogP contribution in [-0.2, 0) is 9.53 Å². The number of nitrogens with one attached hydrogen (secondary N) is 1. The number of carbonyl (C=O) groups excluding carboxylic acids is 1. The number of rotatable bonds is 4. The second kappa shape index (κ2) is 5.15. The third-order valence-corrected chi connectivity index (χ3v) is 2.68. The lowest BCUT2D eigenvalue weighted by Gasteiger charge is -2.23. The van der Waals surface area contributed by atoms with Gasteiger partial charge in [0.15, 0.2) is 0 Å². The average molecular weight is 229 g/mol. The zero-order valence-corrected chi connectivity index (χ0v) is 10.5. The minimum Gasteiger partial charge on any atom is -0.459 e. The minimum atomic E-state index is -0.609. The third kappa shape index (κ3) is 4.94. The molecule has 0 radical (unpaired) electrons. The van der Waals surface area contributed by atoms with Gasteiger partial charge in [0.25, 0.3) is 0 Å². The molecule has 1 rings (SSSR count). The van der Waals surface area contributed by atoms with E-state index in [4.69, 9.17) is 4.74 Å². The van der Waals surface area contributed by atoms with Crippen LogP contribution in [-0.4, -0.2) is 35.4 Å². The van der Waals surface area contributed by atoms with Gasteiger partial charge in [-0.05, 0) is 33.6 Å². The Bertz CT molecular complexity index is 239. The van der Waals surface area contributed by atoms with Crippen LogP contribution in [0.2, 0.25) is 0 Å². The van der Waals surface area contributed by atoms with Crippen LogP contribution in [0.25, 0.3) is 0 Å². The molecule has 0 aromatic carbocycles. The molecule has 0 aromatic heterocycles. The molecule has 0 heterocycles. The van der Waals surface area contributed by atoms with E-state index >= 15 is 0 Å². The van der Waals surface area contributed by atoms with E-state index in [-0.39, 0.29) is 12.5 Å². The number of aliphatic hydroxyl groups is 1. The maximum Gasteiger partial charge on any atom is 0.320 e. The van der Waals surface area contributed by atoms with Crippen molar-refractivity contribution in [2.24, 2.45) is 0 Å². The van der Waals surface area contributed by atoms with Crippen LogP contribution in [0.1, 0.15) is 46.5 Å². The molecule has 1 saturated carbocycles. The molecule has 2 N–H and O–H groups in total. The summed E-state index contributed by atoms with van der Waals surface area (Å²) in [6.07, 6.45) is 3.80. The van der Waals surface area contributed by atoms with Gasteiger partial charge in [0.2, 0.25) is 0 Å². The molecule has 0 unspecified atom stereocenters. The van der Waals surface area contributed by atoms with E-state index in [1.54, 1.807) is 0 Å². The van der Waals surface area contributed by atoms with E-state index in [1.165, 1.54) is 0 Å². The SMILES string of the molecule is CC(C)(C)OC(=O)CNCC1(O)CCCC1. The van der Waals surface area contributed by atoms with Crippen LogP contribution in [0.4, 0.5) is 0 Å². The van der Waals surface area contributed by atoms with Gasteiger partial charge in [-0.25, -0.2) is 0 Å². The lowest BCUT2D eigenvalue weighted by Crippen LogP contribution is -2.41. The van der Waals surface area contributed by atoms with E-state index in [0.717, 1.165) is 25.7 Å². The summed E-state index contributed by atoms with van der Waals surface area (Å²) in [7, 11) is 0. The summed E-state index contributed by atoms with van der Waals surface area (Å²) in [6, 6.07) is 0. The zero-order valence-electron chi connectivity index (χ0n) is 10.5. The van der Waals surface area contributed by atoms with Crippen molar-refractivity contribution in [1.29, 1.82) is 0 Å². The summed E-state index contributed by atoms with van der Waals surface area (Å²) in [5.41, 5.74) is -1.05. The summed E-state index contributed by atoms with van der Waals surface area (Å²) in [6.45, 7) is 6.17. The van der Waals surface area contributed by atoms with Crippen molar-refractivity contribution in [3.05, 3.63) is 0 Å². The Balaban J connectivity index is 2.18. The second-order valence-corrected chi connectivity index (χ2v) is 5.62. The van der Waals surface area contributed by atoms with Crippen LogP contribution in [0, 0.1) is 0 Å². The quantitative estimate of drug-likeness (QED) is 0.712. The molecular formula is C12H23NO3. The molecule has 0 saturated heterocycles. The lowest BCUT2D eigenvalue weighted by atomic mass is 10.0. The molecule has 1 aliphatic rings. The maximum atomic E-state index is 11.4. The Morgan fingerprint density at radius 1 is 1.38 bits per heavy atom. The number of ether oxygens (including phenoxy) is 1. The highest BCUT2D eigenvalue weighted by atomic mass is 16.6. The largest absolute Gasteiger partial charge is 0.459 e. The molecule has 4 nitrogen and oxygen atoms in total. The highest BCUT2D eigenvalue weighted by Crippen LogP contribution is 2.28. The highest BCUT2D eigenvalue weighted by Gasteiger charge is 2.30. The number of hydrogen-bond donors (Lipinski definition) is 2. The van der Waals surface area contributed by atoms with Crippen LogP contribution >= 0.6 is 0 Å². The average Bonchev–Trinajstić information content (AvgIpc) is 2.49. The van der Waals surface area contributed by atoms with Gasteiger partial charge >= 0.3 is 5.97 Å². The van der Waals surface area contributed by atoms with Gasteiger partial charge in [-0.15, -0.1) is 0 Å². The summed E-state index contributed by atoms with van der Waals surface area (Å²) in [4.78, 5) is 11.4. The zero-order chi connectivity index (χ0) is 12.2. The van der Waals surface area contributed by atoms with Gasteiger partial charge in [-0.1, -0.05) is 12.8 Å². The molecule has 1 fully saturated rings. The molecule has 0 spiro atoms. The fraction of sp³-hybridized carbons (Fsp3) is 0.917. The summed E-state index contributed by atoms with van der Waals surface area (Å²) >= 11 is 0. The summed E-state index contributed by atoms with van der Waals surface area (Å²) in [5, 5.41) is 13.0. The summed E-state index contributed by atoms with van der Waals surface area (Å²) in [5.74, 6) is -0.269. The topological polar surface area (TPSA) is 58.6 Å². The third-order valence-electron chi connectivity index (χ3n) is 2.68. The number of hydrogen-bond acceptors (Lipinski definition) is 4. The van der Waals surface area contributed by atoms with Crippen molar-refractivity contribution in [3.8, 4) is 0 Å². The van der Waals surface area contributed by atoms with Gasteiger partial charge in [-0.2, -0.15) is 0 Å². The van der Waals surface area contributed by atoms with Crippen LogP contribution < -0.4 is 5.32 Å². The number of carbonyl (C=O) groups is 1. The first-order valence-corrected chi connectivity index (χ1v) is 5.96. The van der Waals surface area contributed by atoms with Crippen molar-refractivity contribution >= 4 is 5.97 Å². The molecule has 0 bridgehead atoms. The molecular weight excluding hydrogens is 206 g/mol.